The fourth-order valence-corrected chi connectivity index (χ4v) is 0.232. The molecule has 0 heterocycles. The third-order valence-corrected chi connectivity index (χ3v) is 1.32. The lowest BCUT2D eigenvalue weighted by Gasteiger charge is -1.92. The fraction of sp³-hybridized carbons (Fsp3) is 0.214. The average molecular weight is 300 g/mol. The van der Waals surface area contributed by atoms with Crippen molar-refractivity contribution in [2.24, 2.45) is 0 Å². The minimum atomic E-state index is -0.935. The molecule has 0 amide bonds. The van der Waals surface area contributed by atoms with E-state index in [-0.39, 0.29) is 17.8 Å². The van der Waals surface area contributed by atoms with Crippen molar-refractivity contribution >= 4 is 17.9 Å². The van der Waals surface area contributed by atoms with Crippen LogP contribution in [-0.2, 0) is 19.1 Å². The van der Waals surface area contributed by atoms with Gasteiger partial charge in [0.1, 0.15) is 6.61 Å². The van der Waals surface area contributed by atoms with E-state index >= 15 is 0 Å². The van der Waals surface area contributed by atoms with Crippen LogP contribution in [0, 0.1) is 0 Å². The van der Waals surface area contributed by atoms with Crippen molar-refractivity contribution in [2.75, 3.05) is 6.61 Å². The van der Waals surface area contributed by atoms with Gasteiger partial charge in [0.25, 0.3) is 0 Å². The molecule has 0 unspecified atom stereocenters. The molecule has 0 rings (SSSR count). The molecule has 0 saturated heterocycles. The number of aliphatic hydroxyl groups is 1. The lowest BCUT2D eigenvalue weighted by molar-refractivity contribution is -0.136. The van der Waals surface area contributed by atoms with Gasteiger partial charge in [0.2, 0.25) is 0 Å². The summed E-state index contributed by atoms with van der Waals surface area (Å²) in [6.07, 6.45) is 3.18. The van der Waals surface area contributed by atoms with Crippen LogP contribution in [0.3, 0.4) is 0 Å². The van der Waals surface area contributed by atoms with Gasteiger partial charge >= 0.3 is 17.9 Å². The van der Waals surface area contributed by atoms with Gasteiger partial charge < -0.3 is 20.1 Å². The molecule has 0 fully saturated rings. The Kier molecular flexibility index (Phi) is 16.9. The van der Waals surface area contributed by atoms with Crippen LogP contribution in [0.15, 0.2) is 49.3 Å². The molecule has 0 spiro atoms. The molecule has 0 saturated carbocycles. The molecule has 21 heavy (non-hydrogen) atoms. The molecule has 0 radical (unpaired) electrons. The highest BCUT2D eigenvalue weighted by molar-refractivity contribution is 5.85. The van der Waals surface area contributed by atoms with E-state index < -0.39 is 17.9 Å². The maximum atomic E-state index is 10.2. The van der Waals surface area contributed by atoms with Gasteiger partial charge in [-0.25, -0.2) is 14.4 Å². The third kappa shape index (κ3) is 26.7. The highest BCUT2D eigenvalue weighted by Gasteiger charge is 1.91. The van der Waals surface area contributed by atoms with Crippen molar-refractivity contribution in [3.63, 3.8) is 0 Å². The maximum Gasteiger partial charge on any atom is 0.330 e. The molecule has 0 aromatic heterocycles. The van der Waals surface area contributed by atoms with E-state index in [1.54, 1.807) is 0 Å². The van der Waals surface area contributed by atoms with E-state index in [9.17, 15) is 14.4 Å². The Morgan fingerprint density at radius 2 is 1.38 bits per heavy atom. The van der Waals surface area contributed by atoms with Crippen LogP contribution < -0.4 is 0 Å². The smallest absolute Gasteiger partial charge is 0.330 e. The first-order valence-electron chi connectivity index (χ1n) is 5.46. The van der Waals surface area contributed by atoms with Crippen molar-refractivity contribution in [2.45, 2.75) is 13.8 Å². The minimum Gasteiger partial charge on any atom is -0.516 e. The Bertz CT molecular complexity index is 371. The zero-order chi connectivity index (χ0) is 17.4. The molecule has 0 aromatic carbocycles. The average Bonchev–Trinajstić information content (AvgIpc) is 2.39. The molecule has 0 aliphatic carbocycles. The number of rotatable bonds is 5. The summed E-state index contributed by atoms with van der Waals surface area (Å²) in [5, 5.41) is 23.8. The summed E-state index contributed by atoms with van der Waals surface area (Å²) < 4.78 is 4.43. The number of aliphatic hydroxyl groups excluding tert-OH is 1. The SMILES string of the molecule is C=C(C)C(=O)O.C=C(C)C(=O)O.C=CC(=O)OCC=CO. The monoisotopic (exact) mass is 300 g/mol. The lowest BCUT2D eigenvalue weighted by Crippen LogP contribution is -1.98. The summed E-state index contributed by atoms with van der Waals surface area (Å²) in [6, 6.07) is 0. The third-order valence-electron chi connectivity index (χ3n) is 1.32. The number of carboxylic acid groups (broad SMARTS) is 2. The maximum absolute atomic E-state index is 10.2. The van der Waals surface area contributed by atoms with Crippen LogP contribution in [0.25, 0.3) is 0 Å². The van der Waals surface area contributed by atoms with Gasteiger partial charge in [-0.05, 0) is 19.9 Å². The zero-order valence-electron chi connectivity index (χ0n) is 12.0. The van der Waals surface area contributed by atoms with E-state index in [1.807, 2.05) is 0 Å². The standard InChI is InChI=1S/C6H8O3.2C4H6O2/c1-2-6(8)9-5-3-4-7;2*1-3(2)4(5)6/h2-4,7H,1,5H2;2*1H2,2H3,(H,5,6). The van der Waals surface area contributed by atoms with Crippen LogP contribution >= 0.6 is 0 Å². The number of ether oxygens (including phenoxy) is 1. The van der Waals surface area contributed by atoms with E-state index in [2.05, 4.69) is 24.5 Å². The first kappa shape index (κ1) is 23.3. The number of carboxylic acids is 2. The van der Waals surface area contributed by atoms with Crippen LogP contribution in [0.1, 0.15) is 13.8 Å². The second-order valence-electron chi connectivity index (χ2n) is 3.39. The highest BCUT2D eigenvalue weighted by Crippen LogP contribution is 1.81. The second kappa shape index (κ2) is 15.2. The van der Waals surface area contributed by atoms with Gasteiger partial charge in [0, 0.05) is 17.2 Å². The second-order valence-corrected chi connectivity index (χ2v) is 3.39. The first-order valence-corrected chi connectivity index (χ1v) is 5.46. The van der Waals surface area contributed by atoms with Gasteiger partial charge in [-0.1, -0.05) is 19.7 Å². The van der Waals surface area contributed by atoms with Crippen LogP contribution in [-0.4, -0.2) is 39.8 Å². The largest absolute Gasteiger partial charge is 0.516 e. The van der Waals surface area contributed by atoms with Crippen LogP contribution in [0.5, 0.6) is 0 Å². The molecule has 118 valence electrons. The number of carbonyl (C=O) groups is 3. The number of esters is 1. The molecule has 0 aliphatic rings. The normalized spacial score (nSPS) is 8.29. The van der Waals surface area contributed by atoms with Crippen molar-refractivity contribution in [3.05, 3.63) is 49.3 Å². The van der Waals surface area contributed by atoms with Gasteiger partial charge in [-0.15, -0.1) is 0 Å². The zero-order valence-corrected chi connectivity index (χ0v) is 12.0. The molecular weight excluding hydrogens is 280 g/mol. The number of hydrogen-bond donors (Lipinski definition) is 3. The molecule has 7 heteroatoms. The molecule has 3 N–H and O–H groups in total. The topological polar surface area (TPSA) is 121 Å². The van der Waals surface area contributed by atoms with Crippen molar-refractivity contribution in [1.82, 2.24) is 0 Å². The quantitative estimate of drug-likeness (QED) is 0.403. The predicted molar refractivity (Wildman–Crippen MR) is 77.8 cm³/mol. The van der Waals surface area contributed by atoms with Gasteiger partial charge in [-0.3, -0.25) is 0 Å². The fourth-order valence-electron chi connectivity index (χ4n) is 0.232. The lowest BCUT2D eigenvalue weighted by atomic mass is 10.4. The van der Waals surface area contributed by atoms with E-state index in [0.717, 1.165) is 12.3 Å². The van der Waals surface area contributed by atoms with E-state index in [0.29, 0.717) is 0 Å². The first-order chi connectivity index (χ1) is 9.59. The summed E-state index contributed by atoms with van der Waals surface area (Å²) >= 11 is 0. The van der Waals surface area contributed by atoms with Crippen molar-refractivity contribution in [3.8, 4) is 0 Å². The van der Waals surface area contributed by atoms with Crippen molar-refractivity contribution in [1.29, 1.82) is 0 Å². The Morgan fingerprint density at radius 1 is 1.05 bits per heavy atom. The molecule has 0 bridgehead atoms. The van der Waals surface area contributed by atoms with Crippen LogP contribution in [0.4, 0.5) is 0 Å². The van der Waals surface area contributed by atoms with E-state index in [4.69, 9.17) is 15.3 Å². The summed E-state index contributed by atoms with van der Waals surface area (Å²) in [7, 11) is 0. The van der Waals surface area contributed by atoms with E-state index in [1.165, 1.54) is 19.9 Å². The summed E-state index contributed by atoms with van der Waals surface area (Å²) in [6.45, 7) is 12.5. The van der Waals surface area contributed by atoms with Crippen molar-refractivity contribution < 1.29 is 34.4 Å². The Hall–Kier alpha value is -2.83. The molecule has 0 aromatic rings. The minimum absolute atomic E-state index is 0.0847. The Morgan fingerprint density at radius 3 is 1.57 bits per heavy atom. The molecule has 0 atom stereocenters. The summed E-state index contributed by atoms with van der Waals surface area (Å²) in [5.41, 5.74) is 0.352. The number of hydrogen-bond acceptors (Lipinski definition) is 5. The van der Waals surface area contributed by atoms with Gasteiger partial charge in [0.15, 0.2) is 0 Å². The number of aliphatic carboxylic acids is 2. The van der Waals surface area contributed by atoms with Crippen LogP contribution in [0.2, 0.25) is 0 Å². The predicted octanol–water partition coefficient (Wildman–Crippen LogP) is 2.08. The molecule has 7 nitrogen and oxygen atoms in total. The Balaban J connectivity index is -0.000000240. The summed E-state index contributed by atoms with van der Waals surface area (Å²) in [4.78, 5) is 29.4. The summed E-state index contributed by atoms with van der Waals surface area (Å²) in [5.74, 6) is -2.36. The Labute approximate surface area is 123 Å². The van der Waals surface area contributed by atoms with Gasteiger partial charge in [-0.2, -0.15) is 0 Å². The number of carbonyl (C=O) groups excluding carboxylic acids is 1. The molecule has 0 aliphatic heterocycles. The molecular formula is C14H20O7. The van der Waals surface area contributed by atoms with Gasteiger partial charge in [0.05, 0.1) is 6.26 Å². The highest BCUT2D eigenvalue weighted by atomic mass is 16.5.